The molecule has 114 valence electrons. The average Bonchev–Trinajstić information content (AvgIpc) is 2.84. The molecule has 0 saturated carbocycles. The first-order valence-electron chi connectivity index (χ1n) is 8.18. The number of nitrogens with zero attached hydrogens (tertiary/aromatic N) is 2. The summed E-state index contributed by atoms with van der Waals surface area (Å²) in [6.07, 6.45) is 1.31. The number of benzene rings is 1. The second-order valence-electron chi connectivity index (χ2n) is 6.74. The van der Waals surface area contributed by atoms with Crippen LogP contribution in [-0.4, -0.2) is 42.6 Å². The highest BCUT2D eigenvalue weighted by atomic mass is 15.3. The summed E-state index contributed by atoms with van der Waals surface area (Å²) in [5.74, 6) is 0.807. The van der Waals surface area contributed by atoms with Crippen LogP contribution < -0.4 is 4.90 Å². The van der Waals surface area contributed by atoms with Crippen LogP contribution in [0.25, 0.3) is 10.9 Å². The van der Waals surface area contributed by atoms with E-state index < -0.39 is 0 Å². The van der Waals surface area contributed by atoms with Crippen LogP contribution in [0.4, 0.5) is 5.69 Å². The molecule has 0 bridgehead atoms. The van der Waals surface area contributed by atoms with Gasteiger partial charge in [0.25, 0.3) is 0 Å². The molecule has 0 amide bonds. The lowest BCUT2D eigenvalue weighted by Crippen LogP contribution is -2.46. The van der Waals surface area contributed by atoms with Crippen molar-refractivity contribution in [3.05, 3.63) is 30.0 Å². The Balaban J connectivity index is 1.62. The maximum Gasteiger partial charge on any atom is 0.0476 e. The van der Waals surface area contributed by atoms with Gasteiger partial charge in [-0.1, -0.05) is 19.9 Å². The Labute approximate surface area is 127 Å². The first-order valence-corrected chi connectivity index (χ1v) is 8.18. The fourth-order valence-corrected chi connectivity index (χ4v) is 3.13. The number of aryl methyl sites for hydroxylation is 1. The first-order chi connectivity index (χ1) is 10.1. The van der Waals surface area contributed by atoms with Crippen molar-refractivity contribution in [2.75, 3.05) is 37.6 Å². The van der Waals surface area contributed by atoms with E-state index in [-0.39, 0.29) is 0 Å². The third-order valence-electron chi connectivity index (χ3n) is 4.50. The summed E-state index contributed by atoms with van der Waals surface area (Å²) in [7, 11) is 0. The van der Waals surface area contributed by atoms with Crippen LogP contribution in [-0.2, 0) is 0 Å². The van der Waals surface area contributed by atoms with Gasteiger partial charge < -0.3 is 9.88 Å². The van der Waals surface area contributed by atoms with Crippen molar-refractivity contribution >= 4 is 16.6 Å². The Bertz CT molecular complexity index is 592. The predicted octanol–water partition coefficient (Wildman–Crippen LogP) is 3.64. The third kappa shape index (κ3) is 3.41. The molecule has 3 heteroatoms. The summed E-state index contributed by atoms with van der Waals surface area (Å²) in [5, 5.41) is 1.31. The zero-order chi connectivity index (χ0) is 14.8. The number of nitrogens with one attached hydrogen (secondary N) is 1. The van der Waals surface area contributed by atoms with Crippen molar-refractivity contribution in [2.45, 2.75) is 27.2 Å². The van der Waals surface area contributed by atoms with Crippen molar-refractivity contribution in [1.82, 2.24) is 9.88 Å². The zero-order valence-electron chi connectivity index (χ0n) is 13.5. The van der Waals surface area contributed by atoms with E-state index in [0.717, 1.165) is 19.0 Å². The number of H-pyrrole nitrogens is 1. The summed E-state index contributed by atoms with van der Waals surface area (Å²) in [5.41, 5.74) is 3.85. The number of anilines is 1. The van der Waals surface area contributed by atoms with Gasteiger partial charge in [0.2, 0.25) is 0 Å². The van der Waals surface area contributed by atoms with Crippen molar-refractivity contribution in [3.63, 3.8) is 0 Å². The number of rotatable bonds is 4. The van der Waals surface area contributed by atoms with Gasteiger partial charge in [0, 0.05) is 43.1 Å². The molecule has 1 fully saturated rings. The molecule has 1 aromatic heterocycles. The number of fused-ring (bicyclic) bond motifs is 1. The summed E-state index contributed by atoms with van der Waals surface area (Å²) in [6.45, 7) is 12.6. The molecule has 0 atom stereocenters. The van der Waals surface area contributed by atoms with E-state index in [1.54, 1.807) is 0 Å². The van der Waals surface area contributed by atoms with E-state index in [9.17, 15) is 0 Å². The molecule has 2 aromatic rings. The Kier molecular flexibility index (Phi) is 4.20. The zero-order valence-corrected chi connectivity index (χ0v) is 13.5. The van der Waals surface area contributed by atoms with Gasteiger partial charge in [-0.15, -0.1) is 0 Å². The van der Waals surface area contributed by atoms with Gasteiger partial charge in [-0.2, -0.15) is 0 Å². The monoisotopic (exact) mass is 285 g/mol. The van der Waals surface area contributed by atoms with Crippen molar-refractivity contribution in [2.24, 2.45) is 5.92 Å². The molecule has 1 N–H and O–H groups in total. The summed E-state index contributed by atoms with van der Waals surface area (Å²) < 4.78 is 0. The molecule has 1 aromatic carbocycles. The molecule has 21 heavy (non-hydrogen) atoms. The smallest absolute Gasteiger partial charge is 0.0476 e. The highest BCUT2D eigenvalue weighted by molar-refractivity contribution is 5.84. The molecule has 3 nitrogen and oxygen atoms in total. The molecular formula is C18H27N3. The lowest BCUT2D eigenvalue weighted by atomic mass is 10.1. The average molecular weight is 285 g/mol. The molecule has 0 radical (unpaired) electrons. The number of aromatic amines is 1. The molecular weight excluding hydrogens is 258 g/mol. The lowest BCUT2D eigenvalue weighted by Gasteiger charge is -2.36. The van der Waals surface area contributed by atoms with Gasteiger partial charge in [-0.05, 0) is 49.4 Å². The Morgan fingerprint density at radius 2 is 1.86 bits per heavy atom. The minimum Gasteiger partial charge on any atom is -0.369 e. The maximum absolute atomic E-state index is 3.44. The standard InChI is InChI=1S/C18H27N3/c1-14(2)6-7-20-8-10-21(11-9-20)17-5-4-16-12-15(3)19-18(16)13-17/h4-5,12-14,19H,6-11H2,1-3H3. The van der Waals surface area contributed by atoms with E-state index in [1.807, 2.05) is 0 Å². The maximum atomic E-state index is 3.44. The molecule has 0 unspecified atom stereocenters. The lowest BCUT2D eigenvalue weighted by molar-refractivity contribution is 0.244. The summed E-state index contributed by atoms with van der Waals surface area (Å²) in [4.78, 5) is 8.56. The van der Waals surface area contributed by atoms with Crippen molar-refractivity contribution in [1.29, 1.82) is 0 Å². The fourth-order valence-electron chi connectivity index (χ4n) is 3.13. The quantitative estimate of drug-likeness (QED) is 0.926. The van der Waals surface area contributed by atoms with Gasteiger partial charge in [0.1, 0.15) is 0 Å². The van der Waals surface area contributed by atoms with Gasteiger partial charge in [0.05, 0.1) is 0 Å². The highest BCUT2D eigenvalue weighted by Gasteiger charge is 2.17. The second kappa shape index (κ2) is 6.10. The Hall–Kier alpha value is -1.48. The molecule has 2 heterocycles. The SMILES string of the molecule is Cc1cc2ccc(N3CCN(CCC(C)C)CC3)cc2[nH]1. The van der Waals surface area contributed by atoms with Gasteiger partial charge >= 0.3 is 0 Å². The van der Waals surface area contributed by atoms with E-state index in [1.165, 1.54) is 48.3 Å². The molecule has 0 spiro atoms. The molecule has 1 aliphatic heterocycles. The minimum atomic E-state index is 0.807. The van der Waals surface area contributed by atoms with Crippen LogP contribution in [0, 0.1) is 12.8 Å². The number of hydrogen-bond donors (Lipinski definition) is 1. The largest absolute Gasteiger partial charge is 0.369 e. The van der Waals surface area contributed by atoms with E-state index in [2.05, 4.69) is 59.8 Å². The van der Waals surface area contributed by atoms with Crippen LogP contribution in [0.5, 0.6) is 0 Å². The second-order valence-corrected chi connectivity index (χ2v) is 6.74. The predicted molar refractivity (Wildman–Crippen MR) is 91.1 cm³/mol. The van der Waals surface area contributed by atoms with Crippen molar-refractivity contribution < 1.29 is 0 Å². The van der Waals surface area contributed by atoms with Gasteiger partial charge in [-0.3, -0.25) is 4.90 Å². The number of piperazine rings is 1. The molecule has 1 saturated heterocycles. The van der Waals surface area contributed by atoms with Crippen LogP contribution in [0.3, 0.4) is 0 Å². The fraction of sp³-hybridized carbons (Fsp3) is 0.556. The number of aromatic nitrogens is 1. The topological polar surface area (TPSA) is 22.3 Å². The molecule has 1 aliphatic rings. The van der Waals surface area contributed by atoms with Crippen LogP contribution >= 0.6 is 0 Å². The molecule has 0 aliphatic carbocycles. The Morgan fingerprint density at radius 1 is 1.10 bits per heavy atom. The summed E-state index contributed by atoms with van der Waals surface area (Å²) in [6, 6.07) is 9.01. The van der Waals surface area contributed by atoms with E-state index >= 15 is 0 Å². The van der Waals surface area contributed by atoms with E-state index in [4.69, 9.17) is 0 Å². The summed E-state index contributed by atoms with van der Waals surface area (Å²) >= 11 is 0. The van der Waals surface area contributed by atoms with Crippen LogP contribution in [0.2, 0.25) is 0 Å². The van der Waals surface area contributed by atoms with E-state index in [0.29, 0.717) is 0 Å². The van der Waals surface area contributed by atoms with Crippen molar-refractivity contribution in [3.8, 4) is 0 Å². The molecule has 3 rings (SSSR count). The van der Waals surface area contributed by atoms with Gasteiger partial charge in [0.15, 0.2) is 0 Å². The first kappa shape index (κ1) is 14.5. The minimum absolute atomic E-state index is 0.807. The highest BCUT2D eigenvalue weighted by Crippen LogP contribution is 2.23. The van der Waals surface area contributed by atoms with Crippen LogP contribution in [0.15, 0.2) is 24.3 Å². The van der Waals surface area contributed by atoms with Gasteiger partial charge in [-0.25, -0.2) is 0 Å². The number of hydrogen-bond acceptors (Lipinski definition) is 2. The van der Waals surface area contributed by atoms with Crippen LogP contribution in [0.1, 0.15) is 26.0 Å². The normalized spacial score (nSPS) is 17.0. The third-order valence-corrected chi connectivity index (χ3v) is 4.50. The Morgan fingerprint density at radius 3 is 2.57 bits per heavy atom.